The fourth-order valence-corrected chi connectivity index (χ4v) is 5.29. The van der Waals surface area contributed by atoms with E-state index in [2.05, 4.69) is 12.2 Å². The van der Waals surface area contributed by atoms with Gasteiger partial charge < -0.3 is 10.2 Å². The molecular weight excluding hydrogens is 392 g/mol. The zero-order chi connectivity index (χ0) is 21.3. The van der Waals surface area contributed by atoms with Crippen molar-refractivity contribution in [1.29, 1.82) is 0 Å². The first-order valence-electron chi connectivity index (χ1n) is 10.6. The van der Waals surface area contributed by atoms with Crippen LogP contribution in [0.15, 0.2) is 52.3 Å². The number of hydrogen-bond acceptors (Lipinski definition) is 3. The van der Waals surface area contributed by atoms with Gasteiger partial charge in [-0.3, -0.25) is 9.59 Å². The van der Waals surface area contributed by atoms with Crippen molar-refractivity contribution in [3.05, 3.63) is 64.1 Å². The van der Waals surface area contributed by atoms with Crippen LogP contribution in [0.2, 0.25) is 0 Å². The van der Waals surface area contributed by atoms with Crippen molar-refractivity contribution < 1.29 is 9.59 Å². The topological polar surface area (TPSA) is 49.4 Å². The summed E-state index contributed by atoms with van der Waals surface area (Å²) >= 11 is 1.47. The highest BCUT2D eigenvalue weighted by atomic mass is 32.2. The van der Waals surface area contributed by atoms with Gasteiger partial charge in [0.25, 0.3) is 11.8 Å². The summed E-state index contributed by atoms with van der Waals surface area (Å²) in [6.45, 7) is 4.25. The van der Waals surface area contributed by atoms with Crippen molar-refractivity contribution in [2.75, 3.05) is 11.9 Å². The Bertz CT molecular complexity index is 1010. The van der Waals surface area contributed by atoms with E-state index in [1.807, 2.05) is 55.5 Å². The van der Waals surface area contributed by atoms with E-state index >= 15 is 0 Å². The summed E-state index contributed by atoms with van der Waals surface area (Å²) in [5.41, 5.74) is 3.58. The highest BCUT2D eigenvalue weighted by molar-refractivity contribution is 8.04. The van der Waals surface area contributed by atoms with Crippen molar-refractivity contribution >= 4 is 35.3 Å². The molecule has 1 aliphatic carbocycles. The van der Waals surface area contributed by atoms with Crippen LogP contribution >= 0.6 is 11.8 Å². The number of amides is 2. The number of likely N-dealkylation sites (N-methyl/N-ethyl adjacent to an activating group) is 1. The average molecular weight is 421 g/mol. The molecule has 2 aromatic carbocycles. The maximum absolute atomic E-state index is 13.0. The molecular formula is C25H28N2O2S. The maximum atomic E-state index is 13.0. The minimum atomic E-state index is -0.0522. The van der Waals surface area contributed by atoms with Crippen LogP contribution in [0.1, 0.15) is 54.1 Å². The highest BCUT2D eigenvalue weighted by Gasteiger charge is 2.28. The molecule has 4 rings (SSSR count). The molecule has 1 saturated carbocycles. The van der Waals surface area contributed by atoms with Gasteiger partial charge in [0.05, 0.1) is 10.6 Å². The molecule has 1 fully saturated rings. The van der Waals surface area contributed by atoms with E-state index in [1.165, 1.54) is 31.0 Å². The normalized spacial score (nSPS) is 22.7. The molecule has 2 aliphatic rings. The Labute approximate surface area is 182 Å². The summed E-state index contributed by atoms with van der Waals surface area (Å²) in [6, 6.07) is 13.9. The molecule has 30 heavy (non-hydrogen) atoms. The molecule has 2 amide bonds. The maximum Gasteiger partial charge on any atom is 0.264 e. The number of anilines is 1. The lowest BCUT2D eigenvalue weighted by atomic mass is 9.86. The Morgan fingerprint density at radius 2 is 1.93 bits per heavy atom. The predicted octanol–water partition coefficient (Wildman–Crippen LogP) is 5.41. The molecule has 0 spiro atoms. The van der Waals surface area contributed by atoms with Crippen LogP contribution in [0, 0.1) is 12.8 Å². The largest absolute Gasteiger partial charge is 0.349 e. The van der Waals surface area contributed by atoms with Crippen LogP contribution in [-0.2, 0) is 4.79 Å². The number of hydrogen-bond donors (Lipinski definition) is 1. The molecule has 0 radical (unpaired) electrons. The summed E-state index contributed by atoms with van der Waals surface area (Å²) in [6.07, 6.45) is 6.57. The van der Waals surface area contributed by atoms with Gasteiger partial charge in [0.15, 0.2) is 0 Å². The molecule has 0 bridgehead atoms. The van der Waals surface area contributed by atoms with Crippen LogP contribution in [0.5, 0.6) is 0 Å². The monoisotopic (exact) mass is 420 g/mol. The Hall–Kier alpha value is -2.53. The lowest BCUT2D eigenvalue weighted by Gasteiger charge is -2.30. The number of rotatable bonds is 3. The van der Waals surface area contributed by atoms with Crippen LogP contribution < -0.4 is 10.2 Å². The second-order valence-electron chi connectivity index (χ2n) is 8.36. The van der Waals surface area contributed by atoms with Crippen molar-refractivity contribution in [3.8, 4) is 0 Å². The first kappa shape index (κ1) is 20.7. The van der Waals surface area contributed by atoms with E-state index < -0.39 is 0 Å². The van der Waals surface area contributed by atoms with Gasteiger partial charge in [-0.25, -0.2) is 0 Å². The van der Waals surface area contributed by atoms with Crippen molar-refractivity contribution in [2.24, 2.45) is 5.92 Å². The molecule has 0 saturated heterocycles. The third-order valence-electron chi connectivity index (χ3n) is 6.22. The first-order chi connectivity index (χ1) is 14.4. The number of nitrogens with one attached hydrogen (secondary N) is 1. The fourth-order valence-electron chi connectivity index (χ4n) is 4.21. The quantitative estimate of drug-likeness (QED) is 0.675. The number of thioether (sulfide) groups is 1. The van der Waals surface area contributed by atoms with E-state index in [9.17, 15) is 9.59 Å². The first-order valence-corrected chi connectivity index (χ1v) is 11.4. The Balaban J connectivity index is 1.57. The molecule has 1 N–H and O–H groups in total. The second-order valence-corrected chi connectivity index (χ2v) is 9.44. The van der Waals surface area contributed by atoms with E-state index in [4.69, 9.17) is 0 Å². The van der Waals surface area contributed by atoms with Gasteiger partial charge in [-0.05, 0) is 61.1 Å². The summed E-state index contributed by atoms with van der Waals surface area (Å²) in [4.78, 5) is 29.1. The predicted molar refractivity (Wildman–Crippen MR) is 124 cm³/mol. The molecule has 0 aromatic heterocycles. The van der Waals surface area contributed by atoms with Crippen LogP contribution in [0.25, 0.3) is 6.08 Å². The summed E-state index contributed by atoms with van der Waals surface area (Å²) in [7, 11) is 1.78. The van der Waals surface area contributed by atoms with E-state index in [1.54, 1.807) is 11.9 Å². The molecule has 1 heterocycles. The SMILES string of the molecule is Cc1ccccc1/C=C1\Sc2ccc(C(=O)NC3CCCCC3C)cc2N(C)C1=O. The van der Waals surface area contributed by atoms with Gasteiger partial charge in [0.2, 0.25) is 0 Å². The third kappa shape index (κ3) is 4.17. The minimum absolute atomic E-state index is 0.0470. The Morgan fingerprint density at radius 3 is 2.70 bits per heavy atom. The van der Waals surface area contributed by atoms with Gasteiger partial charge >= 0.3 is 0 Å². The van der Waals surface area contributed by atoms with Crippen molar-refractivity contribution in [2.45, 2.75) is 50.5 Å². The van der Waals surface area contributed by atoms with Crippen LogP contribution in [-0.4, -0.2) is 24.9 Å². The number of aryl methyl sites for hydroxylation is 1. The second kappa shape index (κ2) is 8.68. The minimum Gasteiger partial charge on any atom is -0.349 e. The standard InChI is InChI=1S/C25H28N2O2S/c1-16-8-4-6-10-18(16)15-23-25(29)27(3)21-14-19(12-13-22(21)30-23)24(28)26-20-11-7-5-9-17(20)2/h4,6,8,10,12-15,17,20H,5,7,9,11H2,1-3H3,(H,26,28)/b23-15-. The third-order valence-corrected chi connectivity index (χ3v) is 7.30. The number of carbonyl (C=O) groups is 2. The molecule has 2 unspecified atom stereocenters. The van der Waals surface area contributed by atoms with Gasteiger partial charge in [-0.1, -0.05) is 55.8 Å². The molecule has 5 heteroatoms. The molecule has 156 valence electrons. The molecule has 2 atom stereocenters. The van der Waals surface area contributed by atoms with Crippen molar-refractivity contribution in [3.63, 3.8) is 0 Å². The highest BCUT2D eigenvalue weighted by Crippen LogP contribution is 2.42. The molecule has 2 aromatic rings. The number of nitrogens with zero attached hydrogens (tertiary/aromatic N) is 1. The van der Waals surface area contributed by atoms with Gasteiger partial charge in [-0.2, -0.15) is 0 Å². The number of fused-ring (bicyclic) bond motifs is 1. The summed E-state index contributed by atoms with van der Waals surface area (Å²) in [5.74, 6) is 0.409. The van der Waals surface area contributed by atoms with E-state index in [0.717, 1.165) is 28.1 Å². The molecule has 4 nitrogen and oxygen atoms in total. The van der Waals surface area contributed by atoms with Crippen LogP contribution in [0.3, 0.4) is 0 Å². The van der Waals surface area contributed by atoms with Crippen LogP contribution in [0.4, 0.5) is 5.69 Å². The van der Waals surface area contributed by atoms with Crippen molar-refractivity contribution in [1.82, 2.24) is 5.32 Å². The number of benzene rings is 2. The number of carbonyl (C=O) groups excluding carboxylic acids is 2. The van der Waals surface area contributed by atoms with E-state index in [-0.39, 0.29) is 17.9 Å². The smallest absolute Gasteiger partial charge is 0.264 e. The summed E-state index contributed by atoms with van der Waals surface area (Å²) in [5, 5.41) is 3.20. The van der Waals surface area contributed by atoms with Gasteiger partial charge in [0.1, 0.15) is 0 Å². The molecule has 1 aliphatic heterocycles. The van der Waals surface area contributed by atoms with E-state index in [0.29, 0.717) is 16.4 Å². The Morgan fingerprint density at radius 1 is 1.17 bits per heavy atom. The summed E-state index contributed by atoms with van der Waals surface area (Å²) < 4.78 is 0. The van der Waals surface area contributed by atoms with Gasteiger partial charge in [0, 0.05) is 23.5 Å². The lowest BCUT2D eigenvalue weighted by molar-refractivity contribution is -0.114. The average Bonchev–Trinajstić information content (AvgIpc) is 2.74. The van der Waals surface area contributed by atoms with Gasteiger partial charge in [-0.15, -0.1) is 0 Å². The zero-order valence-corrected chi connectivity index (χ0v) is 18.6. The zero-order valence-electron chi connectivity index (χ0n) is 17.8. The lowest BCUT2D eigenvalue weighted by Crippen LogP contribution is -2.41. The fraction of sp³-hybridized carbons (Fsp3) is 0.360. The Kier molecular flexibility index (Phi) is 6.00.